The Kier molecular flexibility index (Phi) is 8.89. The van der Waals surface area contributed by atoms with Crippen LogP contribution in [-0.4, -0.2) is 57.3 Å². The second kappa shape index (κ2) is 11.2. The number of nitrogens with one attached hydrogen (secondary N) is 1. The summed E-state index contributed by atoms with van der Waals surface area (Å²) in [5.41, 5.74) is 0.810. The Bertz CT molecular complexity index is 768. The Morgan fingerprint density at radius 2 is 1.83 bits per heavy atom. The van der Waals surface area contributed by atoms with Gasteiger partial charge in [0.15, 0.2) is 5.12 Å². The van der Waals surface area contributed by atoms with E-state index in [-0.39, 0.29) is 23.4 Å². The number of carbonyl (C=O) groups excluding carboxylic acids is 3. The van der Waals surface area contributed by atoms with Crippen molar-refractivity contribution in [2.24, 2.45) is 11.8 Å². The highest BCUT2D eigenvalue weighted by Crippen LogP contribution is 2.23. The number of carboxylic acid groups (broad SMARTS) is 1. The zero-order valence-corrected chi connectivity index (χ0v) is 18.5. The molecule has 1 aliphatic heterocycles. The number of amides is 2. The van der Waals surface area contributed by atoms with Crippen molar-refractivity contribution in [1.29, 1.82) is 0 Å². The minimum atomic E-state index is -1.11. The van der Waals surface area contributed by atoms with Gasteiger partial charge in [-0.05, 0) is 18.4 Å². The maximum atomic E-state index is 12.9. The summed E-state index contributed by atoms with van der Waals surface area (Å²) >= 11 is 1.14. The molecule has 0 aliphatic carbocycles. The molecule has 1 heterocycles. The first-order valence-corrected chi connectivity index (χ1v) is 11.2. The van der Waals surface area contributed by atoms with Crippen LogP contribution in [0.2, 0.25) is 0 Å². The molecule has 0 aromatic heterocycles. The third-order valence-corrected chi connectivity index (χ3v) is 6.53. The van der Waals surface area contributed by atoms with Crippen LogP contribution in [0.3, 0.4) is 0 Å². The number of thioether (sulfide) groups is 1. The molecular formula is C22H30N2O5S. The van der Waals surface area contributed by atoms with Gasteiger partial charge in [-0.1, -0.05) is 62.9 Å². The van der Waals surface area contributed by atoms with Crippen molar-refractivity contribution in [3.63, 3.8) is 0 Å². The number of likely N-dealkylation sites (tertiary alicyclic amines) is 1. The van der Waals surface area contributed by atoms with E-state index in [1.165, 1.54) is 4.90 Å². The predicted molar refractivity (Wildman–Crippen MR) is 116 cm³/mol. The molecule has 2 N–H and O–H groups in total. The molecule has 1 saturated heterocycles. The lowest BCUT2D eigenvalue weighted by molar-refractivity contribution is -0.144. The van der Waals surface area contributed by atoms with E-state index in [9.17, 15) is 24.3 Å². The highest BCUT2D eigenvalue weighted by molar-refractivity contribution is 8.13. The largest absolute Gasteiger partial charge is 0.480 e. The molecular weight excluding hydrogens is 404 g/mol. The molecule has 1 aromatic rings. The topological polar surface area (TPSA) is 104 Å². The van der Waals surface area contributed by atoms with E-state index in [4.69, 9.17) is 0 Å². The van der Waals surface area contributed by atoms with Gasteiger partial charge in [0, 0.05) is 30.6 Å². The molecule has 164 valence electrons. The molecule has 0 bridgehead atoms. The van der Waals surface area contributed by atoms with Crippen LogP contribution in [0.4, 0.5) is 0 Å². The van der Waals surface area contributed by atoms with Gasteiger partial charge < -0.3 is 15.3 Å². The molecule has 1 aromatic carbocycles. The van der Waals surface area contributed by atoms with Crippen LogP contribution in [0.1, 0.15) is 39.2 Å². The van der Waals surface area contributed by atoms with Crippen LogP contribution in [0.25, 0.3) is 0 Å². The van der Waals surface area contributed by atoms with Crippen LogP contribution in [0.5, 0.6) is 0 Å². The van der Waals surface area contributed by atoms with Crippen molar-refractivity contribution in [3.05, 3.63) is 35.9 Å². The van der Waals surface area contributed by atoms with Gasteiger partial charge in [0.25, 0.3) is 0 Å². The van der Waals surface area contributed by atoms with Gasteiger partial charge in [-0.15, -0.1) is 0 Å². The molecule has 0 radical (unpaired) electrons. The summed E-state index contributed by atoms with van der Waals surface area (Å²) in [5, 5.41) is 12.2. The predicted octanol–water partition coefficient (Wildman–Crippen LogP) is 2.34. The minimum Gasteiger partial charge on any atom is -0.480 e. The Morgan fingerprint density at radius 3 is 2.43 bits per heavy atom. The van der Waals surface area contributed by atoms with Gasteiger partial charge in [0.2, 0.25) is 11.8 Å². The molecule has 1 aliphatic rings. The van der Waals surface area contributed by atoms with Crippen molar-refractivity contribution < 1.29 is 24.3 Å². The van der Waals surface area contributed by atoms with Crippen molar-refractivity contribution >= 4 is 34.7 Å². The van der Waals surface area contributed by atoms with E-state index in [1.54, 1.807) is 6.92 Å². The van der Waals surface area contributed by atoms with Gasteiger partial charge in [0.05, 0.1) is 0 Å². The standard InChI is InChI=1S/C22H30N2O5S/c1-14(2)22(29)30-13-15(3)20(26)24-11-7-10-18(24)19(25)23-17(21(27)28)12-16-8-5-4-6-9-16/h4-6,8-9,14-15,17-18H,7,10-13H2,1-3H3,(H,23,25)(H,27,28)/t15-,17+,18+/m1/s1. The summed E-state index contributed by atoms with van der Waals surface area (Å²) < 4.78 is 0. The first-order chi connectivity index (χ1) is 14.2. The molecule has 1 fully saturated rings. The summed E-state index contributed by atoms with van der Waals surface area (Å²) in [6.07, 6.45) is 1.36. The highest BCUT2D eigenvalue weighted by Gasteiger charge is 2.37. The van der Waals surface area contributed by atoms with Crippen molar-refractivity contribution in [3.8, 4) is 0 Å². The number of carbonyl (C=O) groups is 4. The quantitative estimate of drug-likeness (QED) is 0.618. The van der Waals surface area contributed by atoms with Gasteiger partial charge >= 0.3 is 5.97 Å². The van der Waals surface area contributed by atoms with Gasteiger partial charge in [0.1, 0.15) is 12.1 Å². The van der Waals surface area contributed by atoms with Crippen LogP contribution in [0.15, 0.2) is 30.3 Å². The van der Waals surface area contributed by atoms with Gasteiger partial charge in [-0.2, -0.15) is 0 Å². The van der Waals surface area contributed by atoms with Gasteiger partial charge in [-0.25, -0.2) is 4.79 Å². The molecule has 7 nitrogen and oxygen atoms in total. The van der Waals surface area contributed by atoms with Crippen LogP contribution in [0, 0.1) is 11.8 Å². The molecule has 0 saturated carbocycles. The van der Waals surface area contributed by atoms with E-state index < -0.39 is 29.9 Å². The zero-order valence-electron chi connectivity index (χ0n) is 17.7. The number of nitrogens with zero attached hydrogens (tertiary/aromatic N) is 1. The maximum absolute atomic E-state index is 12.9. The Hall–Kier alpha value is -2.35. The van der Waals surface area contributed by atoms with Crippen molar-refractivity contribution in [1.82, 2.24) is 10.2 Å². The fourth-order valence-electron chi connectivity index (χ4n) is 3.35. The molecule has 8 heteroatoms. The highest BCUT2D eigenvalue weighted by atomic mass is 32.2. The van der Waals surface area contributed by atoms with E-state index in [0.717, 1.165) is 17.3 Å². The third kappa shape index (κ3) is 6.58. The van der Waals surface area contributed by atoms with Crippen LogP contribution < -0.4 is 5.32 Å². The van der Waals surface area contributed by atoms with E-state index in [1.807, 2.05) is 44.2 Å². The molecule has 30 heavy (non-hydrogen) atoms. The lowest BCUT2D eigenvalue weighted by Crippen LogP contribution is -2.52. The normalized spacial score (nSPS) is 18.1. The first kappa shape index (κ1) is 23.9. The molecule has 0 unspecified atom stereocenters. The molecule has 2 amide bonds. The second-order valence-electron chi connectivity index (χ2n) is 7.96. The number of aliphatic carboxylic acids is 1. The maximum Gasteiger partial charge on any atom is 0.326 e. The minimum absolute atomic E-state index is 0.0376. The number of carboxylic acids is 1. The molecule has 0 spiro atoms. The van der Waals surface area contributed by atoms with E-state index in [0.29, 0.717) is 25.1 Å². The summed E-state index contributed by atoms with van der Waals surface area (Å²) in [6, 6.07) is 7.36. The van der Waals surface area contributed by atoms with Crippen molar-refractivity contribution in [2.75, 3.05) is 12.3 Å². The van der Waals surface area contributed by atoms with Gasteiger partial charge in [-0.3, -0.25) is 14.4 Å². The van der Waals surface area contributed by atoms with Crippen LogP contribution >= 0.6 is 11.8 Å². The molecule has 2 rings (SSSR count). The fourth-order valence-corrected chi connectivity index (χ4v) is 4.24. The van der Waals surface area contributed by atoms with E-state index in [2.05, 4.69) is 5.32 Å². The number of rotatable bonds is 9. The van der Waals surface area contributed by atoms with Crippen molar-refractivity contribution in [2.45, 2.75) is 52.1 Å². The lowest BCUT2D eigenvalue weighted by atomic mass is 10.1. The van der Waals surface area contributed by atoms with Crippen LogP contribution in [-0.2, 0) is 25.6 Å². The second-order valence-corrected chi connectivity index (χ2v) is 8.99. The van der Waals surface area contributed by atoms with E-state index >= 15 is 0 Å². The number of hydrogen-bond donors (Lipinski definition) is 2. The number of benzene rings is 1. The Morgan fingerprint density at radius 1 is 1.17 bits per heavy atom. The smallest absolute Gasteiger partial charge is 0.326 e. The summed E-state index contributed by atoms with van der Waals surface area (Å²) in [4.78, 5) is 50.7. The zero-order chi connectivity index (χ0) is 22.3. The third-order valence-electron chi connectivity index (χ3n) is 5.10. The SMILES string of the molecule is CC(C)C(=O)SC[C@@H](C)C(=O)N1CCC[C@H]1C(=O)N[C@@H](Cc1ccccc1)C(=O)O. The average Bonchev–Trinajstić information content (AvgIpc) is 3.21. The molecule has 3 atom stereocenters. The lowest BCUT2D eigenvalue weighted by Gasteiger charge is -2.28. The summed E-state index contributed by atoms with van der Waals surface area (Å²) in [6.45, 7) is 5.85. The fraction of sp³-hybridized carbons (Fsp3) is 0.545. The number of hydrogen-bond acceptors (Lipinski definition) is 5. The summed E-state index contributed by atoms with van der Waals surface area (Å²) in [7, 11) is 0. The first-order valence-electron chi connectivity index (χ1n) is 10.2. The summed E-state index contributed by atoms with van der Waals surface area (Å²) in [5.74, 6) is -1.85. The Balaban J connectivity index is 1.98. The Labute approximate surface area is 181 Å². The monoisotopic (exact) mass is 434 g/mol. The average molecular weight is 435 g/mol.